The Balaban J connectivity index is 1.91. The lowest BCUT2D eigenvalue weighted by Gasteiger charge is -2.41. The number of carbonyl (C=O) groups is 1. The van der Waals surface area contributed by atoms with Crippen LogP contribution in [0.1, 0.15) is 23.7 Å². The van der Waals surface area contributed by atoms with Crippen LogP contribution < -0.4 is 10.4 Å². The first-order valence-corrected chi connectivity index (χ1v) is 10.0. The van der Waals surface area contributed by atoms with Gasteiger partial charge >= 0.3 is 6.18 Å². The topological polar surface area (TPSA) is 85.4 Å². The lowest BCUT2D eigenvalue weighted by atomic mass is 9.91. The standard InChI is InChI=1S/C23H17BF3N5O2/c1-13-19(20-18(24)12-29-32(20)16-8-6-14(11-28)7-9-16)21(33)30(2)22(34)31(13)17-5-3-4-15(10-17)23(25,26)27/h3-10,12,22,34H,1-2H3. The van der Waals surface area contributed by atoms with Crippen LogP contribution >= 0.6 is 0 Å². The van der Waals surface area contributed by atoms with Crippen LogP contribution in [0.25, 0.3) is 11.3 Å². The Labute approximate surface area is 194 Å². The van der Waals surface area contributed by atoms with Crippen molar-refractivity contribution < 1.29 is 23.1 Å². The molecule has 170 valence electrons. The molecule has 0 saturated carbocycles. The number of aromatic nitrogens is 2. The smallest absolute Gasteiger partial charge is 0.356 e. The van der Waals surface area contributed by atoms with Gasteiger partial charge in [0.1, 0.15) is 7.85 Å². The van der Waals surface area contributed by atoms with Gasteiger partial charge in [0.15, 0.2) is 0 Å². The highest BCUT2D eigenvalue weighted by Crippen LogP contribution is 2.37. The predicted molar refractivity (Wildman–Crippen MR) is 119 cm³/mol. The first-order chi connectivity index (χ1) is 16.0. The number of hydrogen-bond acceptors (Lipinski definition) is 5. The number of nitrogens with zero attached hydrogens (tertiary/aromatic N) is 5. The summed E-state index contributed by atoms with van der Waals surface area (Å²) in [4.78, 5) is 15.5. The number of aliphatic hydroxyl groups excluding tert-OH is 1. The van der Waals surface area contributed by atoms with Gasteiger partial charge in [-0.1, -0.05) is 11.5 Å². The van der Waals surface area contributed by atoms with E-state index in [0.29, 0.717) is 11.3 Å². The molecule has 1 atom stereocenters. The van der Waals surface area contributed by atoms with Crippen molar-refractivity contribution in [3.8, 4) is 11.8 Å². The van der Waals surface area contributed by atoms with Crippen molar-refractivity contribution >= 4 is 30.5 Å². The average Bonchev–Trinajstić information content (AvgIpc) is 3.18. The number of alkyl halides is 3. The van der Waals surface area contributed by atoms with Gasteiger partial charge < -0.3 is 10.0 Å². The SMILES string of the molecule is [B]c1cnn(-c2ccc(C#N)cc2)c1C1=C(C)N(c2cccc(C(F)(F)F)c2)C(O)N(C)C1=O. The van der Waals surface area contributed by atoms with E-state index in [9.17, 15) is 23.1 Å². The molecule has 1 aromatic heterocycles. The molecule has 34 heavy (non-hydrogen) atoms. The van der Waals surface area contributed by atoms with E-state index in [1.54, 1.807) is 24.3 Å². The molecule has 1 N–H and O–H groups in total. The molecule has 3 aromatic rings. The number of likely N-dealkylation sites (N-methyl/N-ethyl adjacent to an activating group) is 1. The van der Waals surface area contributed by atoms with E-state index in [1.165, 1.54) is 41.9 Å². The van der Waals surface area contributed by atoms with E-state index in [2.05, 4.69) is 5.10 Å². The zero-order valence-electron chi connectivity index (χ0n) is 18.1. The van der Waals surface area contributed by atoms with Gasteiger partial charge in [0.05, 0.1) is 34.2 Å². The number of nitriles is 1. The summed E-state index contributed by atoms with van der Waals surface area (Å²) in [6, 6.07) is 12.9. The molecule has 2 radical (unpaired) electrons. The highest BCUT2D eigenvalue weighted by molar-refractivity contribution is 6.37. The largest absolute Gasteiger partial charge is 0.416 e. The summed E-state index contributed by atoms with van der Waals surface area (Å²) in [5.74, 6) is -0.588. The Kier molecular flexibility index (Phi) is 5.71. The first kappa shape index (κ1) is 23.1. The highest BCUT2D eigenvalue weighted by atomic mass is 19.4. The fourth-order valence-electron chi connectivity index (χ4n) is 3.82. The zero-order valence-corrected chi connectivity index (χ0v) is 18.1. The van der Waals surface area contributed by atoms with Crippen LogP contribution in [0.2, 0.25) is 0 Å². The summed E-state index contributed by atoms with van der Waals surface area (Å²) in [6.07, 6.45) is -4.79. The quantitative estimate of drug-likeness (QED) is 0.604. The van der Waals surface area contributed by atoms with Crippen LogP contribution in [0.3, 0.4) is 0 Å². The van der Waals surface area contributed by atoms with Gasteiger partial charge in [0.2, 0.25) is 6.35 Å². The molecule has 0 spiro atoms. The van der Waals surface area contributed by atoms with Gasteiger partial charge in [-0.05, 0) is 49.4 Å². The van der Waals surface area contributed by atoms with Crippen LogP contribution in [-0.4, -0.2) is 46.9 Å². The van der Waals surface area contributed by atoms with Crippen molar-refractivity contribution in [3.05, 3.63) is 77.2 Å². The molecule has 2 aromatic carbocycles. The molecule has 1 unspecified atom stereocenters. The van der Waals surface area contributed by atoms with Gasteiger partial charge in [0, 0.05) is 24.6 Å². The van der Waals surface area contributed by atoms with E-state index in [4.69, 9.17) is 13.1 Å². The molecule has 1 aliphatic heterocycles. The molecular formula is C23H17BF3N5O2. The molecule has 1 aliphatic rings. The van der Waals surface area contributed by atoms with Gasteiger partial charge in [-0.3, -0.25) is 9.69 Å². The number of hydrogen-bond donors (Lipinski definition) is 1. The maximum absolute atomic E-state index is 13.3. The summed E-state index contributed by atoms with van der Waals surface area (Å²) in [5.41, 5.74) is 0.699. The number of aliphatic hydroxyl groups is 1. The third kappa shape index (κ3) is 3.82. The summed E-state index contributed by atoms with van der Waals surface area (Å²) < 4.78 is 41.3. The van der Waals surface area contributed by atoms with Crippen LogP contribution in [0.15, 0.2) is 60.4 Å². The Bertz CT molecular complexity index is 1340. The van der Waals surface area contributed by atoms with E-state index in [1.807, 2.05) is 6.07 Å². The van der Waals surface area contributed by atoms with Crippen molar-refractivity contribution in [3.63, 3.8) is 0 Å². The van der Waals surface area contributed by atoms with Crippen molar-refractivity contribution in [1.29, 1.82) is 5.26 Å². The maximum atomic E-state index is 13.3. The van der Waals surface area contributed by atoms with Gasteiger partial charge in [-0.15, -0.1) is 0 Å². The van der Waals surface area contributed by atoms with Crippen molar-refractivity contribution in [2.75, 3.05) is 11.9 Å². The summed E-state index contributed by atoms with van der Waals surface area (Å²) in [7, 11) is 7.50. The number of benzene rings is 2. The number of halogens is 3. The van der Waals surface area contributed by atoms with Gasteiger partial charge in [-0.25, -0.2) is 4.68 Å². The molecule has 4 rings (SSSR count). The molecule has 0 saturated heterocycles. The number of rotatable bonds is 3. The van der Waals surface area contributed by atoms with E-state index < -0.39 is 24.0 Å². The van der Waals surface area contributed by atoms with Gasteiger partial charge in [0.25, 0.3) is 5.91 Å². The number of allylic oxidation sites excluding steroid dienone is 1. The molecule has 0 bridgehead atoms. The lowest BCUT2D eigenvalue weighted by molar-refractivity contribution is -0.138. The first-order valence-electron chi connectivity index (χ1n) is 10.0. The molecule has 0 fully saturated rings. The predicted octanol–water partition coefficient (Wildman–Crippen LogP) is 2.54. The second-order valence-electron chi connectivity index (χ2n) is 7.66. The average molecular weight is 463 g/mol. The van der Waals surface area contributed by atoms with E-state index >= 15 is 0 Å². The minimum absolute atomic E-state index is 0.0414. The van der Waals surface area contributed by atoms with Crippen LogP contribution in [0, 0.1) is 11.3 Å². The Hall–Kier alpha value is -4.04. The summed E-state index contributed by atoms with van der Waals surface area (Å²) in [5, 5.41) is 24.1. The summed E-state index contributed by atoms with van der Waals surface area (Å²) >= 11 is 0. The van der Waals surface area contributed by atoms with Crippen LogP contribution in [-0.2, 0) is 11.0 Å². The van der Waals surface area contributed by atoms with Crippen LogP contribution in [0.4, 0.5) is 18.9 Å². The molecule has 1 amide bonds. The number of anilines is 1. The van der Waals surface area contributed by atoms with Crippen molar-refractivity contribution in [1.82, 2.24) is 14.7 Å². The molecule has 11 heteroatoms. The van der Waals surface area contributed by atoms with Gasteiger partial charge in [-0.2, -0.15) is 23.5 Å². The molecular weight excluding hydrogens is 446 g/mol. The summed E-state index contributed by atoms with van der Waals surface area (Å²) in [6.45, 7) is 1.51. The number of carbonyl (C=O) groups excluding carboxylic acids is 1. The zero-order chi connectivity index (χ0) is 24.8. The monoisotopic (exact) mass is 463 g/mol. The third-order valence-corrected chi connectivity index (χ3v) is 5.56. The van der Waals surface area contributed by atoms with E-state index in [0.717, 1.165) is 17.0 Å². The minimum atomic E-state index is -4.59. The fourth-order valence-corrected chi connectivity index (χ4v) is 3.82. The minimum Gasteiger partial charge on any atom is -0.356 e. The molecule has 2 heterocycles. The second kappa shape index (κ2) is 8.39. The second-order valence-corrected chi connectivity index (χ2v) is 7.66. The Morgan fingerprint density at radius 2 is 1.82 bits per heavy atom. The maximum Gasteiger partial charge on any atom is 0.416 e. The lowest BCUT2D eigenvalue weighted by Crippen LogP contribution is -2.53. The molecule has 7 nitrogen and oxygen atoms in total. The van der Waals surface area contributed by atoms with E-state index in [-0.39, 0.29) is 28.1 Å². The Morgan fingerprint density at radius 1 is 1.15 bits per heavy atom. The van der Waals surface area contributed by atoms with Crippen molar-refractivity contribution in [2.24, 2.45) is 0 Å². The normalized spacial score (nSPS) is 16.7. The highest BCUT2D eigenvalue weighted by Gasteiger charge is 2.39. The third-order valence-electron chi connectivity index (χ3n) is 5.56. The van der Waals surface area contributed by atoms with Crippen LogP contribution in [0.5, 0.6) is 0 Å². The number of amides is 1. The fraction of sp³-hybridized carbons (Fsp3) is 0.174. The molecule has 0 aliphatic carbocycles. The van der Waals surface area contributed by atoms with Crippen molar-refractivity contribution in [2.45, 2.75) is 19.5 Å². The Morgan fingerprint density at radius 3 is 2.44 bits per heavy atom.